The zero-order valence-electron chi connectivity index (χ0n) is 13.8. The smallest absolute Gasteiger partial charge is 0.205 e. The zero-order valence-corrected chi connectivity index (χ0v) is 13.8. The molecule has 0 atom stereocenters. The fraction of sp³-hybridized carbons (Fsp3) is 0.263. The van der Waals surface area contributed by atoms with Crippen LogP contribution in [0.15, 0.2) is 59.7 Å². The van der Waals surface area contributed by atoms with E-state index < -0.39 is 0 Å². The second kappa shape index (κ2) is 7.75. The monoisotopic (exact) mass is 323 g/mol. The van der Waals surface area contributed by atoms with Crippen molar-refractivity contribution in [2.75, 3.05) is 33.2 Å². The molecule has 1 saturated heterocycles. The molecule has 1 aliphatic rings. The Hall–Kier alpha value is -2.66. The molecule has 0 N–H and O–H groups in total. The summed E-state index contributed by atoms with van der Waals surface area (Å²) in [5.74, 6) is 1.38. The first-order chi connectivity index (χ1) is 11.7. The summed E-state index contributed by atoms with van der Waals surface area (Å²) in [6.45, 7) is 3.64. The fourth-order valence-corrected chi connectivity index (χ4v) is 2.43. The van der Waals surface area contributed by atoms with E-state index in [9.17, 15) is 4.79 Å². The van der Waals surface area contributed by atoms with E-state index in [0.717, 1.165) is 31.9 Å². The molecule has 24 heavy (non-hydrogen) atoms. The molecule has 2 aromatic rings. The topological polar surface area (TPSA) is 45.1 Å². The van der Waals surface area contributed by atoms with Crippen molar-refractivity contribution < 1.29 is 9.53 Å². The minimum atomic E-state index is -0.0970. The maximum atomic E-state index is 12.2. The van der Waals surface area contributed by atoms with Gasteiger partial charge in [0.05, 0.1) is 6.21 Å². The molecule has 1 fully saturated rings. The van der Waals surface area contributed by atoms with E-state index >= 15 is 0 Å². The molecule has 2 aromatic carbocycles. The predicted octanol–water partition coefficient (Wildman–Crippen LogP) is 2.89. The predicted molar refractivity (Wildman–Crippen MR) is 94.9 cm³/mol. The molecule has 0 radical (unpaired) electrons. The van der Waals surface area contributed by atoms with Gasteiger partial charge < -0.3 is 9.64 Å². The number of ketones is 1. The van der Waals surface area contributed by atoms with Crippen LogP contribution in [0.5, 0.6) is 11.5 Å². The van der Waals surface area contributed by atoms with Crippen LogP contribution in [-0.4, -0.2) is 55.1 Å². The standard InChI is InChI=1S/C19H21N3O2/c1-21-11-13-22(14-12-21)20-15-19(23)16-7-9-18(10-8-16)24-17-5-3-2-4-6-17/h2-10,15H,11-14H2,1H3/b20-15+. The van der Waals surface area contributed by atoms with Gasteiger partial charge in [0.15, 0.2) is 0 Å². The molecular formula is C19H21N3O2. The Kier molecular flexibility index (Phi) is 5.23. The van der Waals surface area contributed by atoms with Gasteiger partial charge in [0.25, 0.3) is 0 Å². The van der Waals surface area contributed by atoms with Crippen molar-refractivity contribution in [3.05, 3.63) is 60.2 Å². The number of carbonyl (C=O) groups excluding carboxylic acids is 1. The highest BCUT2D eigenvalue weighted by Crippen LogP contribution is 2.21. The molecule has 0 unspecified atom stereocenters. The Morgan fingerprint density at radius 1 is 0.958 bits per heavy atom. The number of hydrogen-bond acceptors (Lipinski definition) is 5. The van der Waals surface area contributed by atoms with Crippen molar-refractivity contribution in [3.8, 4) is 11.5 Å². The average Bonchev–Trinajstić information content (AvgIpc) is 2.62. The number of rotatable bonds is 5. The number of nitrogens with zero attached hydrogens (tertiary/aromatic N) is 3. The average molecular weight is 323 g/mol. The number of Topliss-reactive ketones (excluding diaryl/α,β-unsaturated/α-hetero) is 1. The van der Waals surface area contributed by atoms with Crippen LogP contribution in [0.25, 0.3) is 0 Å². The van der Waals surface area contributed by atoms with Gasteiger partial charge in [-0.3, -0.25) is 9.80 Å². The van der Waals surface area contributed by atoms with Crippen molar-refractivity contribution in [3.63, 3.8) is 0 Å². The highest BCUT2D eigenvalue weighted by atomic mass is 16.5. The number of piperazine rings is 1. The summed E-state index contributed by atoms with van der Waals surface area (Å²) in [6, 6.07) is 16.7. The molecule has 0 spiro atoms. The summed E-state index contributed by atoms with van der Waals surface area (Å²) < 4.78 is 5.72. The molecular weight excluding hydrogens is 302 g/mol. The van der Waals surface area contributed by atoms with Crippen LogP contribution in [0.1, 0.15) is 10.4 Å². The van der Waals surface area contributed by atoms with E-state index in [2.05, 4.69) is 17.0 Å². The lowest BCUT2D eigenvalue weighted by Gasteiger charge is -2.30. The molecule has 3 rings (SSSR count). The minimum absolute atomic E-state index is 0.0970. The first-order valence-electron chi connectivity index (χ1n) is 8.05. The van der Waals surface area contributed by atoms with Gasteiger partial charge in [0.1, 0.15) is 11.5 Å². The number of hydrogen-bond donors (Lipinski definition) is 0. The largest absolute Gasteiger partial charge is 0.457 e. The summed E-state index contributed by atoms with van der Waals surface area (Å²) in [4.78, 5) is 14.4. The Bertz CT molecular complexity index is 690. The highest BCUT2D eigenvalue weighted by molar-refractivity contribution is 6.35. The summed E-state index contributed by atoms with van der Waals surface area (Å²) in [5.41, 5.74) is 0.605. The Balaban J connectivity index is 1.57. The summed E-state index contributed by atoms with van der Waals surface area (Å²) >= 11 is 0. The number of hydrazone groups is 1. The Labute approximate surface area is 142 Å². The summed E-state index contributed by atoms with van der Waals surface area (Å²) in [7, 11) is 2.09. The number of carbonyl (C=O) groups is 1. The van der Waals surface area contributed by atoms with E-state index in [1.165, 1.54) is 6.21 Å². The molecule has 1 aliphatic heterocycles. The second-order valence-electron chi connectivity index (χ2n) is 5.81. The lowest BCUT2D eigenvalue weighted by Crippen LogP contribution is -2.41. The van der Waals surface area contributed by atoms with Gasteiger partial charge in [-0.25, -0.2) is 0 Å². The van der Waals surface area contributed by atoms with Gasteiger partial charge in [-0.2, -0.15) is 5.10 Å². The first kappa shape index (κ1) is 16.2. The molecule has 0 amide bonds. The van der Waals surface area contributed by atoms with Gasteiger partial charge in [0, 0.05) is 31.7 Å². The van der Waals surface area contributed by atoms with E-state index in [4.69, 9.17) is 4.74 Å². The molecule has 1 heterocycles. The second-order valence-corrected chi connectivity index (χ2v) is 5.81. The van der Waals surface area contributed by atoms with Crippen LogP contribution in [0.4, 0.5) is 0 Å². The van der Waals surface area contributed by atoms with Crippen molar-refractivity contribution in [1.29, 1.82) is 0 Å². The molecule has 0 bridgehead atoms. The van der Waals surface area contributed by atoms with Gasteiger partial charge in [-0.05, 0) is 43.4 Å². The molecule has 0 saturated carbocycles. The van der Waals surface area contributed by atoms with Gasteiger partial charge in [0.2, 0.25) is 5.78 Å². The van der Waals surface area contributed by atoms with Crippen LogP contribution in [0, 0.1) is 0 Å². The van der Waals surface area contributed by atoms with Crippen molar-refractivity contribution >= 4 is 12.0 Å². The molecule has 5 heteroatoms. The molecule has 124 valence electrons. The molecule has 0 aliphatic carbocycles. The number of para-hydroxylation sites is 1. The quantitative estimate of drug-likeness (QED) is 0.627. The first-order valence-corrected chi connectivity index (χ1v) is 8.05. The normalized spacial score (nSPS) is 15.6. The van der Waals surface area contributed by atoms with Gasteiger partial charge in [-0.15, -0.1) is 0 Å². The molecule has 5 nitrogen and oxygen atoms in total. The fourth-order valence-electron chi connectivity index (χ4n) is 2.43. The third-order valence-electron chi connectivity index (χ3n) is 3.94. The zero-order chi connectivity index (χ0) is 16.8. The van der Waals surface area contributed by atoms with Crippen molar-refractivity contribution in [2.45, 2.75) is 0 Å². The number of likely N-dealkylation sites (N-methyl/N-ethyl adjacent to an activating group) is 1. The van der Waals surface area contributed by atoms with Crippen LogP contribution < -0.4 is 4.74 Å². The van der Waals surface area contributed by atoms with Gasteiger partial charge >= 0.3 is 0 Å². The van der Waals surface area contributed by atoms with Crippen LogP contribution >= 0.6 is 0 Å². The van der Waals surface area contributed by atoms with Crippen LogP contribution in [0.3, 0.4) is 0 Å². The number of ether oxygens (including phenoxy) is 1. The molecule has 0 aromatic heterocycles. The maximum absolute atomic E-state index is 12.2. The SMILES string of the molecule is CN1CCN(/N=C/C(=O)c2ccc(Oc3ccccc3)cc2)CC1. The lowest BCUT2D eigenvalue weighted by atomic mass is 10.1. The third-order valence-corrected chi connectivity index (χ3v) is 3.94. The highest BCUT2D eigenvalue weighted by Gasteiger charge is 2.11. The maximum Gasteiger partial charge on any atom is 0.205 e. The lowest BCUT2D eigenvalue weighted by molar-refractivity contribution is 0.106. The number of benzene rings is 2. The minimum Gasteiger partial charge on any atom is -0.457 e. The summed E-state index contributed by atoms with van der Waals surface area (Å²) in [5, 5.41) is 6.22. The van der Waals surface area contributed by atoms with Crippen LogP contribution in [0.2, 0.25) is 0 Å². The Morgan fingerprint density at radius 2 is 1.58 bits per heavy atom. The van der Waals surface area contributed by atoms with E-state index in [1.54, 1.807) is 24.3 Å². The third kappa shape index (κ3) is 4.43. The van der Waals surface area contributed by atoms with Crippen molar-refractivity contribution in [2.24, 2.45) is 5.10 Å². The van der Waals surface area contributed by atoms with Crippen molar-refractivity contribution in [1.82, 2.24) is 9.91 Å². The van der Waals surface area contributed by atoms with Gasteiger partial charge in [-0.1, -0.05) is 18.2 Å². The van der Waals surface area contributed by atoms with E-state index in [0.29, 0.717) is 11.3 Å². The van der Waals surface area contributed by atoms with Crippen LogP contribution in [-0.2, 0) is 0 Å². The summed E-state index contributed by atoms with van der Waals surface area (Å²) in [6.07, 6.45) is 1.40. The van der Waals surface area contributed by atoms with E-state index in [-0.39, 0.29) is 5.78 Å². The Morgan fingerprint density at radius 3 is 2.25 bits per heavy atom. The van der Waals surface area contributed by atoms with E-state index in [1.807, 2.05) is 35.3 Å².